The zero-order chi connectivity index (χ0) is 14.0. The lowest BCUT2D eigenvalue weighted by atomic mass is 9.96. The number of hydrogen-bond acceptors (Lipinski definition) is 7. The number of aromatic nitrogens is 5. The van der Waals surface area contributed by atoms with Gasteiger partial charge in [-0.25, -0.2) is 15.8 Å². The molecule has 8 heteroatoms. The third-order valence-corrected chi connectivity index (χ3v) is 3.36. The minimum Gasteiger partial charge on any atom is -0.311 e. The van der Waals surface area contributed by atoms with Crippen LogP contribution in [0.5, 0.6) is 0 Å². The molecule has 0 aliphatic rings. The molecule has 0 saturated carbocycles. The predicted molar refractivity (Wildman–Crippen MR) is 73.7 cm³/mol. The fourth-order valence-electron chi connectivity index (χ4n) is 1.35. The average molecular weight is 279 g/mol. The Labute approximate surface area is 116 Å². The van der Waals surface area contributed by atoms with Crippen LogP contribution in [0.25, 0.3) is 0 Å². The van der Waals surface area contributed by atoms with Gasteiger partial charge in [0.2, 0.25) is 0 Å². The van der Waals surface area contributed by atoms with Gasteiger partial charge in [0.05, 0.1) is 0 Å². The SMILES string of the molecule is Cn1cnnc1Sc1cc(NN)nc(C(C)(C)C)n1. The van der Waals surface area contributed by atoms with E-state index < -0.39 is 0 Å². The smallest absolute Gasteiger partial charge is 0.197 e. The third-order valence-electron chi connectivity index (χ3n) is 2.39. The zero-order valence-electron chi connectivity index (χ0n) is 11.4. The molecule has 7 nitrogen and oxygen atoms in total. The van der Waals surface area contributed by atoms with Crippen LogP contribution < -0.4 is 11.3 Å². The Kier molecular flexibility index (Phi) is 3.72. The topological polar surface area (TPSA) is 94.5 Å². The van der Waals surface area contributed by atoms with Crippen LogP contribution in [-0.4, -0.2) is 24.7 Å². The van der Waals surface area contributed by atoms with Gasteiger partial charge in [0.15, 0.2) is 5.16 Å². The van der Waals surface area contributed by atoms with Gasteiger partial charge in [0.1, 0.15) is 23.0 Å². The molecule has 102 valence electrons. The number of aryl methyl sites for hydroxylation is 1. The van der Waals surface area contributed by atoms with E-state index >= 15 is 0 Å². The largest absolute Gasteiger partial charge is 0.311 e. The molecule has 2 rings (SSSR count). The average Bonchev–Trinajstić information content (AvgIpc) is 2.73. The molecule has 3 N–H and O–H groups in total. The summed E-state index contributed by atoms with van der Waals surface area (Å²) >= 11 is 1.42. The molecular formula is C11H17N7S. The first-order valence-electron chi connectivity index (χ1n) is 5.78. The quantitative estimate of drug-likeness (QED) is 0.497. The van der Waals surface area contributed by atoms with Gasteiger partial charge in [-0.2, -0.15) is 0 Å². The van der Waals surface area contributed by atoms with E-state index in [0.29, 0.717) is 5.82 Å². The number of nitrogens with one attached hydrogen (secondary N) is 1. The Morgan fingerprint density at radius 2 is 2.05 bits per heavy atom. The molecule has 0 bridgehead atoms. The molecule has 0 aromatic carbocycles. The summed E-state index contributed by atoms with van der Waals surface area (Å²) in [4.78, 5) is 8.92. The molecule has 0 aliphatic heterocycles. The van der Waals surface area contributed by atoms with Crippen molar-refractivity contribution >= 4 is 17.6 Å². The first kappa shape index (κ1) is 13.8. The summed E-state index contributed by atoms with van der Waals surface area (Å²) in [5.41, 5.74) is 2.42. The molecule has 19 heavy (non-hydrogen) atoms. The Morgan fingerprint density at radius 3 is 2.58 bits per heavy atom. The van der Waals surface area contributed by atoms with Crippen molar-refractivity contribution in [1.29, 1.82) is 0 Å². The normalized spacial score (nSPS) is 11.6. The van der Waals surface area contributed by atoms with Crippen molar-refractivity contribution in [1.82, 2.24) is 24.7 Å². The van der Waals surface area contributed by atoms with Crippen molar-refractivity contribution in [3.05, 3.63) is 18.2 Å². The van der Waals surface area contributed by atoms with Crippen LogP contribution in [0.2, 0.25) is 0 Å². The Morgan fingerprint density at radius 1 is 1.32 bits per heavy atom. The lowest BCUT2D eigenvalue weighted by Gasteiger charge is -2.18. The van der Waals surface area contributed by atoms with Crippen molar-refractivity contribution in [2.45, 2.75) is 36.4 Å². The third kappa shape index (κ3) is 3.21. The van der Waals surface area contributed by atoms with E-state index in [0.717, 1.165) is 16.0 Å². The molecule has 0 aliphatic carbocycles. The number of nitrogens with zero attached hydrogens (tertiary/aromatic N) is 5. The number of hydrazine groups is 1. The van der Waals surface area contributed by atoms with Crippen LogP contribution in [0.15, 0.2) is 22.6 Å². The number of nitrogen functional groups attached to an aromatic ring is 1. The highest BCUT2D eigenvalue weighted by atomic mass is 32.2. The van der Waals surface area contributed by atoms with Gasteiger partial charge in [0.25, 0.3) is 0 Å². The predicted octanol–water partition coefficient (Wildman–Crippen LogP) is 1.34. The monoisotopic (exact) mass is 279 g/mol. The van der Waals surface area contributed by atoms with E-state index in [1.807, 2.05) is 11.6 Å². The Balaban J connectivity index is 2.37. The van der Waals surface area contributed by atoms with E-state index in [1.165, 1.54) is 11.8 Å². The molecule has 2 aromatic rings. The van der Waals surface area contributed by atoms with Crippen LogP contribution >= 0.6 is 11.8 Å². The molecule has 2 heterocycles. The number of nitrogens with two attached hydrogens (primary N) is 1. The molecule has 0 unspecified atom stereocenters. The summed E-state index contributed by atoms with van der Waals surface area (Å²) < 4.78 is 1.83. The van der Waals surface area contributed by atoms with Crippen molar-refractivity contribution in [3.8, 4) is 0 Å². The molecular weight excluding hydrogens is 262 g/mol. The second kappa shape index (κ2) is 5.14. The fourth-order valence-corrected chi connectivity index (χ4v) is 2.11. The fraction of sp³-hybridized carbons (Fsp3) is 0.455. The van der Waals surface area contributed by atoms with E-state index in [9.17, 15) is 0 Å². The standard InChI is InChI=1S/C11H17N7S/c1-11(2,3)9-14-7(16-12)5-8(15-9)19-10-17-13-6-18(10)4/h5-6H,12H2,1-4H3,(H,14,15,16). The first-order valence-corrected chi connectivity index (χ1v) is 6.60. The second-order valence-electron chi connectivity index (χ2n) is 5.14. The molecule has 0 saturated heterocycles. The highest BCUT2D eigenvalue weighted by Gasteiger charge is 2.19. The minimum absolute atomic E-state index is 0.151. The first-order chi connectivity index (χ1) is 8.90. The minimum atomic E-state index is -0.151. The van der Waals surface area contributed by atoms with Gasteiger partial charge in [-0.1, -0.05) is 20.8 Å². The highest BCUT2D eigenvalue weighted by Crippen LogP contribution is 2.28. The lowest BCUT2D eigenvalue weighted by molar-refractivity contribution is 0.539. The number of hydrogen-bond donors (Lipinski definition) is 2. The summed E-state index contributed by atoms with van der Waals surface area (Å²) in [6.07, 6.45) is 1.65. The zero-order valence-corrected chi connectivity index (χ0v) is 12.2. The van der Waals surface area contributed by atoms with E-state index in [4.69, 9.17) is 5.84 Å². The van der Waals surface area contributed by atoms with Crippen LogP contribution in [0, 0.1) is 0 Å². The maximum atomic E-state index is 5.45. The van der Waals surface area contributed by atoms with Crippen molar-refractivity contribution < 1.29 is 0 Å². The van der Waals surface area contributed by atoms with Crippen molar-refractivity contribution in [2.24, 2.45) is 12.9 Å². The summed E-state index contributed by atoms with van der Waals surface area (Å²) in [5.74, 6) is 6.77. The molecule has 0 amide bonds. The molecule has 0 radical (unpaired) electrons. The van der Waals surface area contributed by atoms with Crippen LogP contribution in [-0.2, 0) is 12.5 Å². The summed E-state index contributed by atoms with van der Waals surface area (Å²) in [5, 5.41) is 9.41. The summed E-state index contributed by atoms with van der Waals surface area (Å²) in [6.45, 7) is 6.16. The van der Waals surface area contributed by atoms with Crippen molar-refractivity contribution in [2.75, 3.05) is 5.43 Å². The van der Waals surface area contributed by atoms with Crippen molar-refractivity contribution in [3.63, 3.8) is 0 Å². The lowest BCUT2D eigenvalue weighted by Crippen LogP contribution is -2.19. The highest BCUT2D eigenvalue weighted by molar-refractivity contribution is 7.99. The molecule has 0 fully saturated rings. The molecule has 0 spiro atoms. The van der Waals surface area contributed by atoms with E-state index in [1.54, 1.807) is 12.4 Å². The van der Waals surface area contributed by atoms with Crippen LogP contribution in [0.3, 0.4) is 0 Å². The van der Waals surface area contributed by atoms with Gasteiger partial charge >= 0.3 is 0 Å². The van der Waals surface area contributed by atoms with Gasteiger partial charge in [-0.15, -0.1) is 10.2 Å². The summed E-state index contributed by atoms with van der Waals surface area (Å²) in [7, 11) is 1.89. The second-order valence-corrected chi connectivity index (χ2v) is 6.12. The molecule has 0 atom stereocenters. The van der Waals surface area contributed by atoms with Crippen LogP contribution in [0.4, 0.5) is 5.82 Å². The molecule has 2 aromatic heterocycles. The number of rotatable bonds is 3. The van der Waals surface area contributed by atoms with Gasteiger partial charge in [-0.3, -0.25) is 0 Å². The Hall–Kier alpha value is -1.67. The maximum absolute atomic E-state index is 5.45. The summed E-state index contributed by atoms with van der Waals surface area (Å²) in [6, 6.07) is 1.79. The van der Waals surface area contributed by atoms with Crippen LogP contribution in [0.1, 0.15) is 26.6 Å². The van der Waals surface area contributed by atoms with Gasteiger partial charge in [0, 0.05) is 18.5 Å². The van der Waals surface area contributed by atoms with E-state index in [-0.39, 0.29) is 5.41 Å². The number of anilines is 1. The van der Waals surface area contributed by atoms with E-state index in [2.05, 4.69) is 46.4 Å². The van der Waals surface area contributed by atoms with Gasteiger partial charge in [-0.05, 0) is 11.8 Å². The maximum Gasteiger partial charge on any atom is 0.197 e. The van der Waals surface area contributed by atoms with Gasteiger partial charge < -0.3 is 9.99 Å². The Bertz CT molecular complexity index is 573.